The largest absolute Gasteiger partial charge is 0.495 e. The highest BCUT2D eigenvalue weighted by atomic mass is 79.9. The Hall–Kier alpha value is -1.03. The third kappa shape index (κ3) is 2.73. The van der Waals surface area contributed by atoms with E-state index in [1.165, 1.54) is 0 Å². The van der Waals surface area contributed by atoms with E-state index in [1.54, 1.807) is 20.1 Å². The van der Waals surface area contributed by atoms with E-state index in [0.717, 1.165) is 4.47 Å². The summed E-state index contributed by atoms with van der Waals surface area (Å²) in [6.07, 6.45) is 0.454. The first kappa shape index (κ1) is 11.0. The highest BCUT2D eigenvalue weighted by Gasteiger charge is 2.05. The summed E-state index contributed by atoms with van der Waals surface area (Å²) in [5.41, 5.74) is 0.689. The van der Waals surface area contributed by atoms with Crippen molar-refractivity contribution in [3.8, 4) is 5.75 Å². The van der Waals surface area contributed by atoms with E-state index in [0.29, 0.717) is 17.9 Å². The summed E-state index contributed by atoms with van der Waals surface area (Å²) in [4.78, 5) is 11.2. The van der Waals surface area contributed by atoms with Gasteiger partial charge in [-0.15, -0.1) is 0 Å². The second-order valence-corrected chi connectivity index (χ2v) is 3.66. The molecule has 0 saturated carbocycles. The molecule has 76 valence electrons. The molecule has 0 bridgehead atoms. The highest BCUT2D eigenvalue weighted by molar-refractivity contribution is 9.10. The summed E-state index contributed by atoms with van der Waals surface area (Å²) in [5, 5.41) is 2.76. The van der Waals surface area contributed by atoms with E-state index in [9.17, 15) is 4.79 Å². The van der Waals surface area contributed by atoms with E-state index < -0.39 is 0 Å². The fourth-order valence-electron chi connectivity index (χ4n) is 1.02. The number of nitrogens with one attached hydrogen (secondary N) is 1. The SMILES string of the molecule is CCC(=O)Nc1cc(Br)ccc1OC. The number of carbonyl (C=O) groups excluding carboxylic acids is 1. The molecule has 1 amide bonds. The first-order valence-corrected chi connectivity index (χ1v) is 5.10. The van der Waals surface area contributed by atoms with Crippen LogP contribution in [0.3, 0.4) is 0 Å². The van der Waals surface area contributed by atoms with Crippen LogP contribution in [-0.2, 0) is 4.79 Å². The molecule has 0 fully saturated rings. The van der Waals surface area contributed by atoms with Crippen LogP contribution >= 0.6 is 15.9 Å². The third-order valence-corrected chi connectivity index (χ3v) is 2.25. The minimum Gasteiger partial charge on any atom is -0.495 e. The van der Waals surface area contributed by atoms with E-state index in [1.807, 2.05) is 12.1 Å². The van der Waals surface area contributed by atoms with Gasteiger partial charge in [-0.1, -0.05) is 22.9 Å². The predicted octanol–water partition coefficient (Wildman–Crippen LogP) is 2.81. The fraction of sp³-hybridized carbons (Fsp3) is 0.300. The average Bonchev–Trinajstić information content (AvgIpc) is 2.18. The van der Waals surface area contributed by atoms with E-state index in [2.05, 4.69) is 21.2 Å². The molecule has 1 N–H and O–H groups in total. The van der Waals surface area contributed by atoms with Crippen molar-refractivity contribution in [3.05, 3.63) is 22.7 Å². The van der Waals surface area contributed by atoms with Gasteiger partial charge in [0.2, 0.25) is 5.91 Å². The highest BCUT2D eigenvalue weighted by Crippen LogP contribution is 2.27. The lowest BCUT2D eigenvalue weighted by Gasteiger charge is -2.09. The van der Waals surface area contributed by atoms with Gasteiger partial charge in [0.15, 0.2) is 0 Å². The van der Waals surface area contributed by atoms with Gasteiger partial charge in [-0.2, -0.15) is 0 Å². The third-order valence-electron chi connectivity index (χ3n) is 1.76. The number of methoxy groups -OCH3 is 1. The lowest BCUT2D eigenvalue weighted by atomic mass is 10.3. The Bertz CT molecular complexity index is 339. The molecular formula is C10H12BrNO2. The number of hydrogen-bond donors (Lipinski definition) is 1. The van der Waals surface area contributed by atoms with Crippen LogP contribution in [0.4, 0.5) is 5.69 Å². The monoisotopic (exact) mass is 257 g/mol. The van der Waals surface area contributed by atoms with Crippen LogP contribution in [0.5, 0.6) is 5.75 Å². The maximum atomic E-state index is 11.2. The molecule has 0 aliphatic heterocycles. The molecule has 1 aromatic rings. The summed E-state index contributed by atoms with van der Waals surface area (Å²) in [5.74, 6) is 0.636. The predicted molar refractivity (Wildman–Crippen MR) is 59.6 cm³/mol. The molecule has 0 radical (unpaired) electrons. The van der Waals surface area contributed by atoms with Crippen LogP contribution in [0.2, 0.25) is 0 Å². The maximum Gasteiger partial charge on any atom is 0.224 e. The van der Waals surface area contributed by atoms with Crippen LogP contribution in [0.25, 0.3) is 0 Å². The Morgan fingerprint density at radius 1 is 1.57 bits per heavy atom. The Balaban J connectivity index is 2.93. The minimum absolute atomic E-state index is 0.0265. The molecule has 0 aliphatic carbocycles. The van der Waals surface area contributed by atoms with Crippen molar-refractivity contribution >= 4 is 27.5 Å². The normalized spacial score (nSPS) is 9.64. The fourth-order valence-corrected chi connectivity index (χ4v) is 1.38. The quantitative estimate of drug-likeness (QED) is 0.905. The standard InChI is InChI=1S/C10H12BrNO2/c1-3-10(13)12-8-6-7(11)4-5-9(8)14-2/h4-6H,3H2,1-2H3,(H,12,13). The van der Waals surface area contributed by atoms with Crippen LogP contribution in [0.1, 0.15) is 13.3 Å². The summed E-state index contributed by atoms with van der Waals surface area (Å²) >= 11 is 3.33. The van der Waals surface area contributed by atoms with Crippen LogP contribution in [0.15, 0.2) is 22.7 Å². The van der Waals surface area contributed by atoms with Gasteiger partial charge in [-0.25, -0.2) is 0 Å². The zero-order valence-electron chi connectivity index (χ0n) is 8.13. The molecule has 0 saturated heterocycles. The minimum atomic E-state index is -0.0265. The van der Waals surface area contributed by atoms with Crippen LogP contribution < -0.4 is 10.1 Å². The van der Waals surface area contributed by atoms with Crippen molar-refractivity contribution < 1.29 is 9.53 Å². The molecular weight excluding hydrogens is 246 g/mol. The number of hydrogen-bond acceptors (Lipinski definition) is 2. The molecule has 0 atom stereocenters. The van der Waals surface area contributed by atoms with Crippen molar-refractivity contribution in [2.45, 2.75) is 13.3 Å². The molecule has 0 spiro atoms. The Morgan fingerprint density at radius 3 is 2.86 bits per heavy atom. The molecule has 0 unspecified atom stereocenters. The van der Waals surface area contributed by atoms with Crippen molar-refractivity contribution in [1.29, 1.82) is 0 Å². The molecule has 0 aliphatic rings. The van der Waals surface area contributed by atoms with Gasteiger partial charge in [0, 0.05) is 10.9 Å². The van der Waals surface area contributed by atoms with Crippen LogP contribution in [0, 0.1) is 0 Å². The lowest BCUT2D eigenvalue weighted by Crippen LogP contribution is -2.10. The molecule has 0 aromatic heterocycles. The van der Waals surface area contributed by atoms with Gasteiger partial charge < -0.3 is 10.1 Å². The smallest absolute Gasteiger partial charge is 0.224 e. The van der Waals surface area contributed by atoms with Crippen molar-refractivity contribution in [1.82, 2.24) is 0 Å². The van der Waals surface area contributed by atoms with E-state index in [4.69, 9.17) is 4.74 Å². The Labute approximate surface area is 91.6 Å². The van der Waals surface area contributed by atoms with Gasteiger partial charge in [0.25, 0.3) is 0 Å². The molecule has 1 aromatic carbocycles. The zero-order valence-corrected chi connectivity index (χ0v) is 9.72. The molecule has 1 rings (SSSR count). The second-order valence-electron chi connectivity index (χ2n) is 2.75. The van der Waals surface area contributed by atoms with Gasteiger partial charge in [0.05, 0.1) is 12.8 Å². The second kappa shape index (κ2) is 5.00. The van der Waals surface area contributed by atoms with Gasteiger partial charge in [-0.05, 0) is 18.2 Å². The number of halogens is 1. The van der Waals surface area contributed by atoms with Gasteiger partial charge in [0.1, 0.15) is 5.75 Å². The van der Waals surface area contributed by atoms with Gasteiger partial charge >= 0.3 is 0 Å². The Kier molecular flexibility index (Phi) is 3.95. The maximum absolute atomic E-state index is 11.2. The van der Waals surface area contributed by atoms with E-state index in [-0.39, 0.29) is 5.91 Å². The first-order valence-electron chi connectivity index (χ1n) is 4.30. The summed E-state index contributed by atoms with van der Waals surface area (Å²) in [6, 6.07) is 5.47. The number of rotatable bonds is 3. The summed E-state index contributed by atoms with van der Waals surface area (Å²) in [7, 11) is 1.57. The van der Waals surface area contributed by atoms with E-state index >= 15 is 0 Å². The number of carbonyl (C=O) groups is 1. The molecule has 14 heavy (non-hydrogen) atoms. The lowest BCUT2D eigenvalue weighted by molar-refractivity contribution is -0.115. The van der Waals surface area contributed by atoms with Crippen molar-refractivity contribution in [3.63, 3.8) is 0 Å². The number of anilines is 1. The molecule has 3 nitrogen and oxygen atoms in total. The first-order chi connectivity index (χ1) is 6.67. The molecule has 0 heterocycles. The van der Waals surface area contributed by atoms with Crippen LogP contribution in [-0.4, -0.2) is 13.0 Å². The van der Waals surface area contributed by atoms with Crippen molar-refractivity contribution in [2.75, 3.05) is 12.4 Å². The van der Waals surface area contributed by atoms with Crippen molar-refractivity contribution in [2.24, 2.45) is 0 Å². The van der Waals surface area contributed by atoms with Gasteiger partial charge in [-0.3, -0.25) is 4.79 Å². The molecule has 4 heteroatoms. The zero-order chi connectivity index (χ0) is 10.6. The summed E-state index contributed by atoms with van der Waals surface area (Å²) < 4.78 is 6.02. The number of amides is 1. The number of ether oxygens (including phenoxy) is 1. The Morgan fingerprint density at radius 2 is 2.29 bits per heavy atom. The number of benzene rings is 1. The topological polar surface area (TPSA) is 38.3 Å². The average molecular weight is 258 g/mol. The summed E-state index contributed by atoms with van der Waals surface area (Å²) in [6.45, 7) is 1.81.